The Morgan fingerprint density at radius 2 is 2.13 bits per heavy atom. The van der Waals surface area contributed by atoms with E-state index in [4.69, 9.17) is 0 Å². The summed E-state index contributed by atoms with van der Waals surface area (Å²) in [5.74, 6) is 0.0670. The highest BCUT2D eigenvalue weighted by Gasteiger charge is 2.64. The van der Waals surface area contributed by atoms with Crippen LogP contribution in [-0.2, 0) is 11.8 Å². The highest BCUT2D eigenvalue weighted by atomic mass is 19.4. The zero-order chi connectivity index (χ0) is 21.8. The lowest BCUT2D eigenvalue weighted by Gasteiger charge is -2.35. The molecule has 3 aliphatic rings. The van der Waals surface area contributed by atoms with E-state index in [1.54, 1.807) is 22.0 Å². The van der Waals surface area contributed by atoms with Gasteiger partial charge in [0.05, 0.1) is 29.0 Å². The number of carbonyl (C=O) groups is 1. The number of aromatic nitrogens is 4. The number of carbonyl (C=O) groups excluding carboxylic acids is 1. The van der Waals surface area contributed by atoms with Crippen LogP contribution in [0.1, 0.15) is 44.2 Å². The van der Waals surface area contributed by atoms with Crippen LogP contribution in [0.3, 0.4) is 0 Å². The van der Waals surface area contributed by atoms with Crippen LogP contribution < -0.4 is 5.32 Å². The van der Waals surface area contributed by atoms with Gasteiger partial charge in [0.1, 0.15) is 0 Å². The highest BCUT2D eigenvalue weighted by Crippen LogP contribution is 2.60. The van der Waals surface area contributed by atoms with Gasteiger partial charge < -0.3 is 10.2 Å². The standard InChI is InChI=1S/C21H23F3N6O/c1-29-12-14(11-26-29)27-19-25-7-4-17(28-19)13-8-15-2-3-16(9-13)30(15)18(31)10-20(5-6-20)21(22,23)24/h4,7-8,11-12,15-16H,2-3,5-6,9-10H2,1H3,(H,25,27,28). The van der Waals surface area contributed by atoms with E-state index in [0.29, 0.717) is 12.4 Å². The van der Waals surface area contributed by atoms with Crippen LogP contribution in [0.4, 0.5) is 24.8 Å². The third kappa shape index (κ3) is 3.68. The monoisotopic (exact) mass is 432 g/mol. The first-order chi connectivity index (χ1) is 14.7. The molecule has 2 aromatic rings. The largest absolute Gasteiger partial charge is 0.395 e. The lowest BCUT2D eigenvalue weighted by atomic mass is 9.95. The predicted octanol–water partition coefficient (Wildman–Crippen LogP) is 3.83. The van der Waals surface area contributed by atoms with Gasteiger partial charge in [-0.25, -0.2) is 9.97 Å². The topological polar surface area (TPSA) is 75.9 Å². The molecule has 0 spiro atoms. The van der Waals surface area contributed by atoms with Gasteiger partial charge >= 0.3 is 6.18 Å². The first-order valence-corrected chi connectivity index (χ1v) is 10.4. The molecule has 7 nitrogen and oxygen atoms in total. The molecular weight excluding hydrogens is 409 g/mol. The minimum absolute atomic E-state index is 0.0557. The molecule has 5 rings (SSSR count). The number of alkyl halides is 3. The van der Waals surface area contributed by atoms with Crippen molar-refractivity contribution < 1.29 is 18.0 Å². The Morgan fingerprint density at radius 3 is 2.77 bits per heavy atom. The first-order valence-electron chi connectivity index (χ1n) is 10.4. The summed E-state index contributed by atoms with van der Waals surface area (Å²) < 4.78 is 41.6. The zero-order valence-electron chi connectivity index (χ0n) is 17.1. The van der Waals surface area contributed by atoms with Crippen LogP contribution in [0.25, 0.3) is 5.57 Å². The van der Waals surface area contributed by atoms with Crippen LogP contribution >= 0.6 is 0 Å². The van der Waals surface area contributed by atoms with Gasteiger partial charge in [0.25, 0.3) is 0 Å². The van der Waals surface area contributed by atoms with Gasteiger partial charge in [-0.1, -0.05) is 6.08 Å². The van der Waals surface area contributed by atoms with Gasteiger partial charge in [0.15, 0.2) is 0 Å². The number of halogens is 3. The Morgan fingerprint density at radius 1 is 1.32 bits per heavy atom. The van der Waals surface area contributed by atoms with Crippen molar-refractivity contribution in [1.29, 1.82) is 0 Å². The van der Waals surface area contributed by atoms with Gasteiger partial charge in [-0.15, -0.1) is 0 Å². The maximum atomic E-state index is 13.3. The van der Waals surface area contributed by atoms with Crippen LogP contribution in [0, 0.1) is 5.41 Å². The van der Waals surface area contributed by atoms with E-state index in [9.17, 15) is 18.0 Å². The molecule has 2 bridgehead atoms. The van der Waals surface area contributed by atoms with Crippen molar-refractivity contribution in [2.24, 2.45) is 12.5 Å². The van der Waals surface area contributed by atoms with Crippen molar-refractivity contribution in [2.45, 2.75) is 56.8 Å². The Labute approximate surface area is 177 Å². The summed E-state index contributed by atoms with van der Waals surface area (Å²) in [5, 5.41) is 7.21. The molecule has 10 heteroatoms. The van der Waals surface area contributed by atoms with Crippen LogP contribution in [0.2, 0.25) is 0 Å². The Balaban J connectivity index is 1.32. The van der Waals surface area contributed by atoms with Gasteiger partial charge in [-0.2, -0.15) is 18.3 Å². The minimum atomic E-state index is -4.31. The molecule has 2 atom stereocenters. The zero-order valence-corrected chi connectivity index (χ0v) is 17.1. The molecule has 4 heterocycles. The number of rotatable bonds is 5. The molecule has 31 heavy (non-hydrogen) atoms. The molecule has 1 aliphatic carbocycles. The maximum absolute atomic E-state index is 13.3. The van der Waals surface area contributed by atoms with Gasteiger partial charge in [-0.05, 0) is 43.7 Å². The fourth-order valence-electron chi connectivity index (χ4n) is 4.71. The molecule has 0 radical (unpaired) electrons. The molecule has 1 N–H and O–H groups in total. The van der Waals surface area contributed by atoms with Crippen molar-refractivity contribution in [3.05, 3.63) is 36.4 Å². The number of fused-ring (bicyclic) bond motifs is 2. The van der Waals surface area contributed by atoms with Crippen LogP contribution in [-0.4, -0.2) is 48.8 Å². The molecule has 0 aromatic carbocycles. The average Bonchev–Trinajstić information content (AvgIpc) is 3.33. The number of hydrogen-bond donors (Lipinski definition) is 1. The van der Waals surface area contributed by atoms with E-state index < -0.39 is 18.0 Å². The van der Waals surface area contributed by atoms with Gasteiger partial charge in [0, 0.05) is 31.9 Å². The van der Waals surface area contributed by atoms with Gasteiger partial charge in [-0.3, -0.25) is 9.48 Å². The summed E-state index contributed by atoms with van der Waals surface area (Å²) in [6.45, 7) is 0. The minimum Gasteiger partial charge on any atom is -0.333 e. The summed E-state index contributed by atoms with van der Waals surface area (Å²) in [6, 6.07) is 1.57. The van der Waals surface area contributed by atoms with E-state index >= 15 is 0 Å². The number of anilines is 2. The number of nitrogens with one attached hydrogen (secondary N) is 1. The van der Waals surface area contributed by atoms with E-state index in [-0.39, 0.29) is 30.8 Å². The van der Waals surface area contributed by atoms with Crippen molar-refractivity contribution in [3.8, 4) is 0 Å². The fourth-order valence-corrected chi connectivity index (χ4v) is 4.71. The quantitative estimate of drug-likeness (QED) is 0.777. The SMILES string of the molecule is Cn1cc(Nc2nccc(C3=CC4CCC(C3)N4C(=O)CC3(C(F)(F)F)CC3)n2)cn1. The third-order valence-electron chi connectivity index (χ3n) is 6.57. The second kappa shape index (κ2) is 7.06. The molecule has 1 saturated carbocycles. The number of aryl methyl sites for hydroxylation is 1. The lowest BCUT2D eigenvalue weighted by Crippen LogP contribution is -2.45. The van der Waals surface area contributed by atoms with Crippen LogP contribution in [0.5, 0.6) is 0 Å². The predicted molar refractivity (Wildman–Crippen MR) is 107 cm³/mol. The third-order valence-corrected chi connectivity index (χ3v) is 6.57. The normalized spacial score (nSPS) is 24.1. The van der Waals surface area contributed by atoms with Crippen molar-refractivity contribution in [2.75, 3.05) is 5.32 Å². The number of hydrogen-bond acceptors (Lipinski definition) is 5. The summed E-state index contributed by atoms with van der Waals surface area (Å²) in [6.07, 6.45) is 4.67. The summed E-state index contributed by atoms with van der Waals surface area (Å²) in [4.78, 5) is 23.3. The van der Waals surface area contributed by atoms with E-state index in [1.165, 1.54) is 0 Å². The second-order valence-corrected chi connectivity index (χ2v) is 8.74. The van der Waals surface area contributed by atoms with Crippen molar-refractivity contribution in [3.63, 3.8) is 0 Å². The smallest absolute Gasteiger partial charge is 0.333 e. The molecule has 1 amide bonds. The number of nitrogens with zero attached hydrogens (tertiary/aromatic N) is 5. The highest BCUT2D eigenvalue weighted by molar-refractivity contribution is 5.81. The molecule has 2 unspecified atom stereocenters. The second-order valence-electron chi connectivity index (χ2n) is 8.74. The lowest BCUT2D eigenvalue weighted by molar-refractivity contribution is -0.192. The summed E-state index contributed by atoms with van der Waals surface area (Å²) in [5.41, 5.74) is 0.741. The molecule has 1 saturated heterocycles. The molecule has 164 valence electrons. The molecule has 2 aliphatic heterocycles. The Hall–Kier alpha value is -2.91. The van der Waals surface area contributed by atoms with E-state index in [0.717, 1.165) is 29.8 Å². The fraction of sp³-hybridized carbons (Fsp3) is 0.524. The Bertz CT molecular complexity index is 1040. The van der Waals surface area contributed by atoms with Crippen LogP contribution in [0.15, 0.2) is 30.7 Å². The molecule has 2 fully saturated rings. The summed E-state index contributed by atoms with van der Waals surface area (Å²) >= 11 is 0. The maximum Gasteiger partial charge on any atom is 0.395 e. The average molecular weight is 432 g/mol. The van der Waals surface area contributed by atoms with Gasteiger partial charge in [0.2, 0.25) is 11.9 Å². The first kappa shape index (κ1) is 20.0. The Kier molecular flexibility index (Phi) is 4.56. The molecule has 2 aromatic heterocycles. The van der Waals surface area contributed by atoms with E-state index in [2.05, 4.69) is 20.4 Å². The molecular formula is C21H23F3N6O. The summed E-state index contributed by atoms with van der Waals surface area (Å²) in [7, 11) is 1.82. The number of amides is 1. The van der Waals surface area contributed by atoms with E-state index in [1.807, 2.05) is 25.4 Å². The van der Waals surface area contributed by atoms with Crippen molar-refractivity contribution in [1.82, 2.24) is 24.6 Å². The van der Waals surface area contributed by atoms with Crippen molar-refractivity contribution >= 4 is 23.1 Å².